The number of anilines is 1. The Morgan fingerprint density at radius 2 is 1.91 bits per heavy atom. The largest absolute Gasteiger partial charge is 0.375 e. The fourth-order valence-corrected chi connectivity index (χ4v) is 3.23. The van der Waals surface area contributed by atoms with Crippen LogP contribution < -0.4 is 28.3 Å². The number of amides is 2. The molecule has 8 nitrogen and oxygen atoms in total. The predicted molar refractivity (Wildman–Crippen MR) is 86.2 cm³/mol. The summed E-state index contributed by atoms with van der Waals surface area (Å²) < 4.78 is 0. The van der Waals surface area contributed by atoms with Crippen LogP contribution in [0.4, 0.5) is 5.13 Å². The van der Waals surface area contributed by atoms with Crippen LogP contribution in [0.15, 0.2) is 5.38 Å². The summed E-state index contributed by atoms with van der Waals surface area (Å²) in [6, 6.07) is 0. The van der Waals surface area contributed by atoms with Gasteiger partial charge in [0.25, 0.3) is 0 Å². The van der Waals surface area contributed by atoms with Crippen molar-refractivity contribution in [3.05, 3.63) is 11.1 Å². The second kappa shape index (κ2) is 7.03. The van der Waals surface area contributed by atoms with Gasteiger partial charge in [-0.05, 0) is 18.3 Å². The average molecular weight is 328 g/mol. The van der Waals surface area contributed by atoms with Gasteiger partial charge >= 0.3 is 0 Å². The quantitative estimate of drug-likeness (QED) is 0.285. The molecule has 2 amide bonds. The molecule has 1 atom stereocenters. The van der Waals surface area contributed by atoms with Crippen molar-refractivity contribution in [3.63, 3.8) is 0 Å². The van der Waals surface area contributed by atoms with E-state index in [9.17, 15) is 9.59 Å². The van der Waals surface area contributed by atoms with Crippen LogP contribution in [0.25, 0.3) is 0 Å². The minimum Gasteiger partial charge on any atom is -0.375 e. The van der Waals surface area contributed by atoms with Gasteiger partial charge in [0.05, 0.1) is 11.1 Å². The molecule has 0 radical (unpaired) electrons. The lowest BCUT2D eigenvalue weighted by Crippen LogP contribution is -2.50. The zero-order valence-corrected chi connectivity index (χ0v) is 13.9. The van der Waals surface area contributed by atoms with Crippen molar-refractivity contribution >= 4 is 28.3 Å². The monoisotopic (exact) mass is 328 g/mol. The number of nitrogens with two attached hydrogens (primary N) is 3. The van der Waals surface area contributed by atoms with Crippen molar-refractivity contribution in [2.45, 2.75) is 45.4 Å². The Hall–Kier alpha value is -1.71. The van der Waals surface area contributed by atoms with Gasteiger partial charge in [0.2, 0.25) is 11.8 Å². The summed E-state index contributed by atoms with van der Waals surface area (Å²) in [6.45, 7) is 6.01. The number of carbonyl (C=O) groups excluding carboxylic acids is 2. The van der Waals surface area contributed by atoms with E-state index in [0.29, 0.717) is 17.2 Å². The van der Waals surface area contributed by atoms with E-state index in [1.807, 2.05) is 20.8 Å². The number of carbonyl (C=O) groups is 2. The van der Waals surface area contributed by atoms with Crippen LogP contribution in [-0.2, 0) is 15.0 Å². The first-order chi connectivity index (χ1) is 10.1. The third-order valence-corrected chi connectivity index (χ3v) is 4.02. The first kappa shape index (κ1) is 18.3. The Balaban J connectivity index is 3.29. The average Bonchev–Trinajstić information content (AvgIpc) is 2.87. The number of hydrogen-bond donors (Lipinski definition) is 5. The summed E-state index contributed by atoms with van der Waals surface area (Å²) in [6.07, 6.45) is 0.779. The number of nitrogen functional groups attached to an aromatic ring is 1. The highest BCUT2D eigenvalue weighted by Gasteiger charge is 2.44. The molecule has 0 fully saturated rings. The van der Waals surface area contributed by atoms with Crippen LogP contribution >= 0.6 is 11.3 Å². The zero-order chi connectivity index (χ0) is 17.0. The van der Waals surface area contributed by atoms with Gasteiger partial charge in [-0.1, -0.05) is 20.8 Å². The lowest BCUT2D eigenvalue weighted by molar-refractivity contribution is -0.129. The van der Waals surface area contributed by atoms with Gasteiger partial charge < -0.3 is 5.73 Å². The summed E-state index contributed by atoms with van der Waals surface area (Å²) in [5.41, 5.74) is 9.28. The highest BCUT2D eigenvalue weighted by atomic mass is 32.1. The highest BCUT2D eigenvalue weighted by Crippen LogP contribution is 2.41. The molecule has 0 spiro atoms. The van der Waals surface area contributed by atoms with Crippen molar-refractivity contribution < 1.29 is 9.59 Å². The number of hydrogen-bond acceptors (Lipinski definition) is 7. The Kier molecular flexibility index (Phi) is 5.86. The van der Waals surface area contributed by atoms with Crippen molar-refractivity contribution in [1.29, 1.82) is 0 Å². The predicted octanol–water partition coefficient (Wildman–Crippen LogP) is 0.159. The Bertz CT molecular complexity index is 539. The minimum atomic E-state index is -1.03. The maximum atomic E-state index is 12.5. The molecule has 0 aliphatic rings. The SMILES string of the molecule is CC(C)(C)CC(CCC(=O)NN)(C(=O)NN)c1csc(N)n1. The Morgan fingerprint density at radius 1 is 1.27 bits per heavy atom. The molecule has 1 aromatic heterocycles. The van der Waals surface area contributed by atoms with Crippen LogP contribution in [0.3, 0.4) is 0 Å². The molecule has 0 saturated heterocycles. The van der Waals surface area contributed by atoms with E-state index in [-0.39, 0.29) is 24.2 Å². The molecule has 0 aromatic carbocycles. The van der Waals surface area contributed by atoms with Crippen LogP contribution in [0.1, 0.15) is 45.7 Å². The van der Waals surface area contributed by atoms with Gasteiger partial charge in [-0.2, -0.15) is 0 Å². The molecule has 1 heterocycles. The molecule has 1 aromatic rings. The molecule has 0 aliphatic heterocycles. The number of rotatable bonds is 6. The van der Waals surface area contributed by atoms with E-state index >= 15 is 0 Å². The standard InChI is InChI=1S/C13H24N6O2S/c1-12(2,3)7-13(10(21)19-16,5-4-9(20)18-15)8-6-22-11(14)17-8/h6H,4-5,7,15-16H2,1-3H3,(H2,14,17)(H,18,20)(H,19,21). The molecule has 1 rings (SSSR count). The van der Waals surface area contributed by atoms with E-state index in [4.69, 9.17) is 17.4 Å². The van der Waals surface area contributed by atoms with Crippen molar-refractivity contribution in [2.75, 3.05) is 5.73 Å². The summed E-state index contributed by atoms with van der Waals surface area (Å²) >= 11 is 1.25. The van der Waals surface area contributed by atoms with Gasteiger partial charge in [-0.25, -0.2) is 16.7 Å². The fraction of sp³-hybridized carbons (Fsp3) is 0.615. The fourth-order valence-electron chi connectivity index (χ4n) is 2.57. The van der Waals surface area contributed by atoms with Crippen LogP contribution in [-0.4, -0.2) is 16.8 Å². The number of aromatic nitrogens is 1. The summed E-state index contributed by atoms with van der Waals surface area (Å²) in [4.78, 5) is 28.3. The molecule has 0 aliphatic carbocycles. The number of hydrazine groups is 2. The summed E-state index contributed by atoms with van der Waals surface area (Å²) in [7, 11) is 0. The van der Waals surface area contributed by atoms with Crippen molar-refractivity contribution in [3.8, 4) is 0 Å². The van der Waals surface area contributed by atoms with Gasteiger partial charge in [0.15, 0.2) is 5.13 Å². The van der Waals surface area contributed by atoms with E-state index in [1.165, 1.54) is 11.3 Å². The maximum absolute atomic E-state index is 12.5. The number of nitrogens with one attached hydrogen (secondary N) is 2. The number of thiazole rings is 1. The smallest absolute Gasteiger partial charge is 0.246 e. The van der Waals surface area contributed by atoms with E-state index in [1.54, 1.807) is 5.38 Å². The van der Waals surface area contributed by atoms with Crippen molar-refractivity contribution in [2.24, 2.45) is 17.1 Å². The molecule has 0 saturated carbocycles. The van der Waals surface area contributed by atoms with Crippen LogP contribution in [0.2, 0.25) is 0 Å². The summed E-state index contributed by atoms with van der Waals surface area (Å²) in [5.74, 6) is 9.75. The molecule has 9 heteroatoms. The van der Waals surface area contributed by atoms with Gasteiger partial charge in [0.1, 0.15) is 0 Å². The second-order valence-electron chi connectivity index (χ2n) is 6.43. The van der Waals surface area contributed by atoms with Crippen molar-refractivity contribution in [1.82, 2.24) is 15.8 Å². The first-order valence-corrected chi connectivity index (χ1v) is 7.74. The van der Waals surface area contributed by atoms with Gasteiger partial charge in [-0.15, -0.1) is 11.3 Å². The third kappa shape index (κ3) is 4.39. The molecule has 0 bridgehead atoms. The van der Waals surface area contributed by atoms with Crippen LogP contribution in [0, 0.1) is 5.41 Å². The third-order valence-electron chi connectivity index (χ3n) is 3.35. The highest BCUT2D eigenvalue weighted by molar-refractivity contribution is 7.13. The Labute approximate surface area is 133 Å². The molecule has 124 valence electrons. The zero-order valence-electron chi connectivity index (χ0n) is 13.1. The van der Waals surface area contributed by atoms with Gasteiger partial charge in [-0.3, -0.25) is 20.4 Å². The van der Waals surface area contributed by atoms with Gasteiger partial charge in [0, 0.05) is 11.8 Å². The second-order valence-corrected chi connectivity index (χ2v) is 7.32. The lowest BCUT2D eigenvalue weighted by Gasteiger charge is -2.36. The van der Waals surface area contributed by atoms with E-state index in [2.05, 4.69) is 15.8 Å². The maximum Gasteiger partial charge on any atom is 0.246 e. The normalized spacial score (nSPS) is 14.2. The van der Waals surface area contributed by atoms with Crippen LogP contribution in [0.5, 0.6) is 0 Å². The molecule has 22 heavy (non-hydrogen) atoms. The summed E-state index contributed by atoms with van der Waals surface area (Å²) in [5, 5.41) is 2.10. The molecular weight excluding hydrogens is 304 g/mol. The van der Waals surface area contributed by atoms with E-state index < -0.39 is 11.3 Å². The molecular formula is C13H24N6O2S. The first-order valence-electron chi connectivity index (χ1n) is 6.86. The lowest BCUT2D eigenvalue weighted by atomic mass is 9.69. The molecule has 8 N–H and O–H groups in total. The number of nitrogens with zero attached hydrogens (tertiary/aromatic N) is 1. The van der Waals surface area contributed by atoms with E-state index in [0.717, 1.165) is 0 Å². The molecule has 1 unspecified atom stereocenters. The minimum absolute atomic E-state index is 0.0808. The topological polar surface area (TPSA) is 149 Å². The Morgan fingerprint density at radius 3 is 2.32 bits per heavy atom.